The summed E-state index contributed by atoms with van der Waals surface area (Å²) in [5, 5.41) is 0. The van der Waals surface area contributed by atoms with E-state index in [1.54, 1.807) is 0 Å². The average Bonchev–Trinajstić information content (AvgIpc) is 3.38. The van der Waals surface area contributed by atoms with Crippen LogP contribution in [-0.2, 0) is 11.2 Å². The first-order valence-corrected chi connectivity index (χ1v) is 8.93. The molecule has 1 saturated carbocycles. The number of hydrogen-bond acceptors (Lipinski definition) is 4. The molecule has 2 heterocycles. The van der Waals surface area contributed by atoms with Crippen molar-refractivity contribution in [3.63, 3.8) is 0 Å². The van der Waals surface area contributed by atoms with Gasteiger partial charge in [-0.25, -0.2) is 9.97 Å². The third kappa shape index (κ3) is 3.82. The van der Waals surface area contributed by atoms with Crippen molar-refractivity contribution in [1.29, 1.82) is 0 Å². The Morgan fingerprint density at radius 1 is 1.26 bits per heavy atom. The van der Waals surface area contributed by atoms with Gasteiger partial charge >= 0.3 is 0 Å². The van der Waals surface area contributed by atoms with Gasteiger partial charge in [-0.3, -0.25) is 4.79 Å². The van der Waals surface area contributed by atoms with E-state index in [2.05, 4.69) is 40.5 Å². The molecule has 1 aromatic rings. The largest absolute Gasteiger partial charge is 0.338 e. The molecule has 0 spiro atoms. The minimum absolute atomic E-state index is 0.250. The zero-order valence-corrected chi connectivity index (χ0v) is 14.5. The lowest BCUT2D eigenvalue weighted by Gasteiger charge is -2.34. The van der Waals surface area contributed by atoms with Crippen LogP contribution in [0.25, 0.3) is 0 Å². The Hall–Kier alpha value is -1.65. The molecule has 0 bridgehead atoms. The van der Waals surface area contributed by atoms with Crippen LogP contribution in [0, 0.1) is 11.8 Å². The van der Waals surface area contributed by atoms with E-state index in [0.717, 1.165) is 36.9 Å². The van der Waals surface area contributed by atoms with Gasteiger partial charge in [0, 0.05) is 38.4 Å². The summed E-state index contributed by atoms with van der Waals surface area (Å²) in [5.41, 5.74) is 1.15. The molecule has 3 rings (SSSR count). The lowest BCUT2D eigenvalue weighted by Crippen LogP contribution is -2.47. The Morgan fingerprint density at radius 3 is 2.52 bits per heavy atom. The molecule has 1 saturated heterocycles. The molecule has 0 unspecified atom stereocenters. The monoisotopic (exact) mass is 316 g/mol. The number of carbonyl (C=O) groups excluding carboxylic acids is 1. The minimum Gasteiger partial charge on any atom is -0.338 e. The van der Waals surface area contributed by atoms with Crippen LogP contribution < -0.4 is 4.90 Å². The van der Waals surface area contributed by atoms with E-state index in [0.29, 0.717) is 24.8 Å². The van der Waals surface area contributed by atoms with Crippen molar-refractivity contribution in [3.8, 4) is 0 Å². The Bertz CT molecular complexity index is 538. The highest BCUT2D eigenvalue weighted by Crippen LogP contribution is 2.32. The fourth-order valence-electron chi connectivity index (χ4n) is 3.24. The SMILES string of the molecule is CCc1cnc(N2CCC(=O)N(CC3CC3)[C@@H](C(C)C)C2)nc1. The molecular weight excluding hydrogens is 288 g/mol. The Balaban J connectivity index is 1.78. The van der Waals surface area contributed by atoms with E-state index in [4.69, 9.17) is 0 Å². The topological polar surface area (TPSA) is 49.3 Å². The minimum atomic E-state index is 0.250. The molecule has 0 aromatic carbocycles. The predicted molar refractivity (Wildman–Crippen MR) is 91.3 cm³/mol. The van der Waals surface area contributed by atoms with Crippen LogP contribution in [0.4, 0.5) is 5.95 Å². The summed E-state index contributed by atoms with van der Waals surface area (Å²) in [6.07, 6.45) is 7.87. The number of amides is 1. The average molecular weight is 316 g/mol. The molecule has 2 aliphatic rings. The van der Waals surface area contributed by atoms with E-state index in [1.165, 1.54) is 12.8 Å². The first kappa shape index (κ1) is 16.2. The van der Waals surface area contributed by atoms with Crippen molar-refractivity contribution in [2.75, 3.05) is 24.5 Å². The molecule has 2 fully saturated rings. The van der Waals surface area contributed by atoms with Crippen LogP contribution in [0.15, 0.2) is 12.4 Å². The fourth-order valence-corrected chi connectivity index (χ4v) is 3.24. The summed E-state index contributed by atoms with van der Waals surface area (Å²) < 4.78 is 0. The van der Waals surface area contributed by atoms with Crippen LogP contribution in [0.5, 0.6) is 0 Å². The van der Waals surface area contributed by atoms with Crippen LogP contribution in [0.1, 0.15) is 45.6 Å². The van der Waals surface area contributed by atoms with Gasteiger partial charge in [0.15, 0.2) is 0 Å². The molecule has 1 aliphatic carbocycles. The van der Waals surface area contributed by atoms with E-state index >= 15 is 0 Å². The molecule has 1 aromatic heterocycles. The van der Waals surface area contributed by atoms with Crippen LogP contribution in [0.3, 0.4) is 0 Å². The zero-order chi connectivity index (χ0) is 16.4. The smallest absolute Gasteiger partial charge is 0.225 e. The molecule has 126 valence electrons. The van der Waals surface area contributed by atoms with Crippen molar-refractivity contribution < 1.29 is 4.79 Å². The molecule has 5 heteroatoms. The molecule has 23 heavy (non-hydrogen) atoms. The lowest BCUT2D eigenvalue weighted by atomic mass is 10.0. The van der Waals surface area contributed by atoms with Gasteiger partial charge in [-0.2, -0.15) is 0 Å². The number of aryl methyl sites for hydroxylation is 1. The Labute approximate surface area is 139 Å². The first-order valence-electron chi connectivity index (χ1n) is 8.93. The molecule has 1 aliphatic heterocycles. The number of carbonyl (C=O) groups is 1. The number of rotatable bonds is 5. The van der Waals surface area contributed by atoms with E-state index in [-0.39, 0.29) is 6.04 Å². The maximum absolute atomic E-state index is 12.6. The van der Waals surface area contributed by atoms with Crippen LogP contribution >= 0.6 is 0 Å². The van der Waals surface area contributed by atoms with Gasteiger partial charge in [0.05, 0.1) is 6.04 Å². The van der Waals surface area contributed by atoms with Gasteiger partial charge in [-0.15, -0.1) is 0 Å². The van der Waals surface area contributed by atoms with Crippen molar-refractivity contribution in [2.45, 2.75) is 52.5 Å². The molecule has 5 nitrogen and oxygen atoms in total. The first-order chi connectivity index (χ1) is 11.1. The normalized spacial score (nSPS) is 22.6. The van der Waals surface area contributed by atoms with Crippen molar-refractivity contribution in [2.24, 2.45) is 11.8 Å². The molecular formula is C18H28N4O. The number of anilines is 1. The highest BCUT2D eigenvalue weighted by molar-refractivity contribution is 5.78. The highest BCUT2D eigenvalue weighted by Gasteiger charge is 2.36. The van der Waals surface area contributed by atoms with Gasteiger partial charge < -0.3 is 9.80 Å². The van der Waals surface area contributed by atoms with E-state index in [1.807, 2.05) is 12.4 Å². The standard InChI is InChI=1S/C18H28N4O/c1-4-14-9-19-18(20-10-14)21-8-7-17(23)22(11-15-5-6-15)16(12-21)13(2)3/h9-10,13,15-16H,4-8,11-12H2,1-3H3/t16-/m1/s1. The molecule has 1 atom stereocenters. The molecule has 0 radical (unpaired) electrons. The quantitative estimate of drug-likeness (QED) is 0.837. The summed E-state index contributed by atoms with van der Waals surface area (Å²) in [5.74, 6) is 2.22. The lowest BCUT2D eigenvalue weighted by molar-refractivity contribution is -0.133. The summed E-state index contributed by atoms with van der Waals surface area (Å²) >= 11 is 0. The summed E-state index contributed by atoms with van der Waals surface area (Å²) in [7, 11) is 0. The third-order valence-electron chi connectivity index (χ3n) is 5.03. The summed E-state index contributed by atoms with van der Waals surface area (Å²) in [6, 6.07) is 0.250. The number of hydrogen-bond donors (Lipinski definition) is 0. The third-order valence-corrected chi connectivity index (χ3v) is 5.03. The Kier molecular flexibility index (Phi) is 4.83. The van der Waals surface area contributed by atoms with Gasteiger partial charge in [0.2, 0.25) is 11.9 Å². The number of aromatic nitrogens is 2. The second-order valence-electron chi connectivity index (χ2n) is 7.24. The van der Waals surface area contributed by atoms with Crippen LogP contribution in [-0.4, -0.2) is 46.5 Å². The Morgan fingerprint density at radius 2 is 1.96 bits per heavy atom. The molecule has 0 N–H and O–H groups in total. The van der Waals surface area contributed by atoms with Crippen LogP contribution in [0.2, 0.25) is 0 Å². The van der Waals surface area contributed by atoms with Crippen molar-refractivity contribution in [1.82, 2.24) is 14.9 Å². The number of nitrogens with zero attached hydrogens (tertiary/aromatic N) is 4. The molecule has 1 amide bonds. The maximum atomic E-state index is 12.6. The van der Waals surface area contributed by atoms with Gasteiger partial charge in [-0.1, -0.05) is 20.8 Å². The zero-order valence-electron chi connectivity index (χ0n) is 14.5. The van der Waals surface area contributed by atoms with Gasteiger partial charge in [0.25, 0.3) is 0 Å². The van der Waals surface area contributed by atoms with Crippen molar-refractivity contribution in [3.05, 3.63) is 18.0 Å². The van der Waals surface area contributed by atoms with Gasteiger partial charge in [-0.05, 0) is 36.7 Å². The summed E-state index contributed by atoms with van der Waals surface area (Å²) in [4.78, 5) is 26.0. The summed E-state index contributed by atoms with van der Waals surface area (Å²) in [6.45, 7) is 9.01. The highest BCUT2D eigenvalue weighted by atomic mass is 16.2. The second kappa shape index (κ2) is 6.85. The van der Waals surface area contributed by atoms with E-state index < -0.39 is 0 Å². The van der Waals surface area contributed by atoms with E-state index in [9.17, 15) is 4.79 Å². The fraction of sp³-hybridized carbons (Fsp3) is 0.722. The van der Waals surface area contributed by atoms with Gasteiger partial charge in [0.1, 0.15) is 0 Å². The maximum Gasteiger partial charge on any atom is 0.225 e. The predicted octanol–water partition coefficient (Wildman–Crippen LogP) is 2.51. The second-order valence-corrected chi connectivity index (χ2v) is 7.24. The van der Waals surface area contributed by atoms with Crippen molar-refractivity contribution >= 4 is 11.9 Å².